The average molecular weight is 622 g/mol. The van der Waals surface area contributed by atoms with Gasteiger partial charge in [-0.15, -0.1) is 16.4 Å². The van der Waals surface area contributed by atoms with Crippen molar-refractivity contribution in [1.29, 1.82) is 0 Å². The SMILES string of the molecule is C=C1c2sc(-n3cc(-c4ccc5c(c4)C(C)(C)c4ccc(CCCC)cc4-5)nn3)cc2-c2c3ccccc3cc[n+]2C1(CC)CC. The third-order valence-corrected chi connectivity index (χ3v) is 12.1. The third kappa shape index (κ3) is 4.07. The van der Waals surface area contributed by atoms with E-state index in [-0.39, 0.29) is 11.0 Å². The van der Waals surface area contributed by atoms with E-state index < -0.39 is 0 Å². The fourth-order valence-corrected chi connectivity index (χ4v) is 9.26. The number of nitrogens with zero attached hydrogens (tertiary/aromatic N) is 4. The van der Waals surface area contributed by atoms with Gasteiger partial charge in [-0.05, 0) is 64.2 Å². The van der Waals surface area contributed by atoms with Crippen molar-refractivity contribution in [3.05, 3.63) is 113 Å². The highest BCUT2D eigenvalue weighted by Crippen LogP contribution is 2.51. The number of benzene rings is 3. The van der Waals surface area contributed by atoms with Crippen LogP contribution in [0, 0.1) is 0 Å². The molecule has 4 heterocycles. The molecule has 0 amide bonds. The van der Waals surface area contributed by atoms with Gasteiger partial charge in [-0.1, -0.05) is 101 Å². The minimum absolute atomic E-state index is 0.0635. The molecule has 8 rings (SSSR count). The summed E-state index contributed by atoms with van der Waals surface area (Å²) in [6, 6.07) is 27.2. The molecule has 0 radical (unpaired) electrons. The zero-order chi connectivity index (χ0) is 31.8. The molecule has 0 bridgehead atoms. The Balaban J connectivity index is 1.20. The third-order valence-electron chi connectivity index (χ3n) is 10.9. The van der Waals surface area contributed by atoms with Crippen LogP contribution < -0.4 is 4.57 Å². The minimum atomic E-state index is -0.159. The summed E-state index contributed by atoms with van der Waals surface area (Å²) in [5, 5.41) is 13.0. The van der Waals surface area contributed by atoms with Gasteiger partial charge in [-0.25, -0.2) is 4.68 Å². The van der Waals surface area contributed by atoms with Gasteiger partial charge in [-0.2, -0.15) is 4.57 Å². The van der Waals surface area contributed by atoms with Gasteiger partial charge in [0.15, 0.2) is 11.7 Å². The lowest BCUT2D eigenvalue weighted by atomic mass is 9.78. The average Bonchev–Trinajstić information content (AvgIpc) is 3.80. The number of pyridine rings is 1. The normalized spacial score (nSPS) is 15.5. The van der Waals surface area contributed by atoms with E-state index in [4.69, 9.17) is 11.7 Å². The summed E-state index contributed by atoms with van der Waals surface area (Å²) in [5.41, 5.74) is 12.4. The summed E-state index contributed by atoms with van der Waals surface area (Å²) < 4.78 is 4.44. The first kappa shape index (κ1) is 29.1. The molecule has 0 atom stereocenters. The zero-order valence-electron chi connectivity index (χ0n) is 27.5. The molecular formula is C41H41N4S+. The number of thiophene rings is 1. The molecule has 2 aliphatic rings. The first-order valence-electron chi connectivity index (χ1n) is 16.8. The van der Waals surface area contributed by atoms with Gasteiger partial charge in [0.1, 0.15) is 10.7 Å². The number of aryl methyl sites for hydroxylation is 1. The molecule has 0 spiro atoms. The Hall–Kier alpha value is -4.35. The number of aromatic nitrogens is 4. The number of allylic oxidation sites excluding steroid dienone is 1. The van der Waals surface area contributed by atoms with Crippen molar-refractivity contribution in [3.63, 3.8) is 0 Å². The smallest absolute Gasteiger partial charge is 0.210 e. The molecule has 1 aliphatic heterocycles. The highest BCUT2D eigenvalue weighted by molar-refractivity contribution is 7.16. The van der Waals surface area contributed by atoms with Crippen molar-refractivity contribution in [3.8, 4) is 38.6 Å². The first-order valence-corrected chi connectivity index (χ1v) is 17.6. The van der Waals surface area contributed by atoms with Gasteiger partial charge in [0.2, 0.25) is 5.69 Å². The molecule has 0 saturated carbocycles. The van der Waals surface area contributed by atoms with E-state index >= 15 is 0 Å². The molecule has 230 valence electrons. The second-order valence-corrected chi connectivity index (χ2v) is 14.6. The first-order chi connectivity index (χ1) is 22.3. The van der Waals surface area contributed by atoms with Crippen LogP contribution in [-0.4, -0.2) is 15.0 Å². The number of hydrogen-bond acceptors (Lipinski definition) is 3. The van der Waals surface area contributed by atoms with Crippen LogP contribution in [0.3, 0.4) is 0 Å². The lowest BCUT2D eigenvalue weighted by Crippen LogP contribution is -2.59. The van der Waals surface area contributed by atoms with Gasteiger partial charge < -0.3 is 0 Å². The number of rotatable bonds is 7. The Morgan fingerprint density at radius 2 is 1.70 bits per heavy atom. The van der Waals surface area contributed by atoms with Crippen LogP contribution in [0.5, 0.6) is 0 Å². The Kier molecular flexibility index (Phi) is 6.70. The summed E-state index contributed by atoms with van der Waals surface area (Å²) in [5.74, 6) is 0. The predicted molar refractivity (Wildman–Crippen MR) is 192 cm³/mol. The maximum Gasteiger partial charge on any atom is 0.222 e. The van der Waals surface area contributed by atoms with Crippen LogP contribution in [0.1, 0.15) is 81.9 Å². The summed E-state index contributed by atoms with van der Waals surface area (Å²) in [6.45, 7) is 16.2. The fraction of sp³-hybridized carbons (Fsp3) is 0.293. The lowest BCUT2D eigenvalue weighted by molar-refractivity contribution is -0.740. The Morgan fingerprint density at radius 3 is 2.50 bits per heavy atom. The molecule has 0 N–H and O–H groups in total. The highest BCUT2D eigenvalue weighted by atomic mass is 32.1. The number of hydrogen-bond donors (Lipinski definition) is 0. The van der Waals surface area contributed by atoms with Gasteiger partial charge in [-0.3, -0.25) is 0 Å². The van der Waals surface area contributed by atoms with Crippen LogP contribution in [0.4, 0.5) is 0 Å². The Labute approximate surface area is 276 Å². The van der Waals surface area contributed by atoms with Gasteiger partial charge in [0, 0.05) is 35.5 Å². The molecule has 3 aromatic heterocycles. The molecular weight excluding hydrogens is 581 g/mol. The van der Waals surface area contributed by atoms with Gasteiger partial charge >= 0.3 is 0 Å². The summed E-state index contributed by atoms with van der Waals surface area (Å²) >= 11 is 1.78. The highest BCUT2D eigenvalue weighted by Gasteiger charge is 2.48. The molecule has 0 fully saturated rings. The fourth-order valence-electron chi connectivity index (χ4n) is 8.11. The van der Waals surface area contributed by atoms with Gasteiger partial charge in [0.05, 0.1) is 22.0 Å². The molecule has 0 unspecified atom stereocenters. The van der Waals surface area contributed by atoms with Crippen LogP contribution >= 0.6 is 11.3 Å². The zero-order valence-corrected chi connectivity index (χ0v) is 28.3. The van der Waals surface area contributed by atoms with E-state index in [2.05, 4.69) is 130 Å². The van der Waals surface area contributed by atoms with Crippen molar-refractivity contribution in [2.75, 3.05) is 0 Å². The second kappa shape index (κ2) is 10.6. The molecule has 1 aliphatic carbocycles. The lowest BCUT2D eigenvalue weighted by Gasteiger charge is -2.33. The van der Waals surface area contributed by atoms with Crippen molar-refractivity contribution >= 4 is 27.7 Å². The largest absolute Gasteiger partial charge is 0.222 e. The van der Waals surface area contributed by atoms with Gasteiger partial charge in [0.25, 0.3) is 0 Å². The maximum absolute atomic E-state index is 4.72. The van der Waals surface area contributed by atoms with Crippen LogP contribution in [0.15, 0.2) is 91.8 Å². The topological polar surface area (TPSA) is 34.6 Å². The molecule has 6 aromatic rings. The molecule has 46 heavy (non-hydrogen) atoms. The van der Waals surface area contributed by atoms with Crippen LogP contribution in [0.2, 0.25) is 0 Å². The van der Waals surface area contributed by atoms with Crippen molar-refractivity contribution < 1.29 is 4.57 Å². The van der Waals surface area contributed by atoms with E-state index in [1.165, 1.54) is 73.1 Å². The van der Waals surface area contributed by atoms with Crippen LogP contribution in [-0.2, 0) is 17.4 Å². The van der Waals surface area contributed by atoms with E-state index in [0.717, 1.165) is 35.5 Å². The predicted octanol–water partition coefficient (Wildman–Crippen LogP) is 10.3. The molecule has 3 aromatic carbocycles. The quantitative estimate of drug-likeness (QED) is 0.166. The summed E-state index contributed by atoms with van der Waals surface area (Å²) in [4.78, 5) is 1.25. The van der Waals surface area contributed by atoms with Crippen molar-refractivity contribution in [1.82, 2.24) is 15.0 Å². The summed E-state index contributed by atoms with van der Waals surface area (Å²) in [7, 11) is 0. The second-order valence-electron chi connectivity index (χ2n) is 13.6. The minimum Gasteiger partial charge on any atom is -0.210 e. The van der Waals surface area contributed by atoms with E-state index in [1.54, 1.807) is 11.3 Å². The van der Waals surface area contributed by atoms with E-state index in [1.807, 2.05) is 4.68 Å². The Morgan fingerprint density at radius 1 is 0.870 bits per heavy atom. The van der Waals surface area contributed by atoms with Crippen LogP contribution in [0.25, 0.3) is 55.0 Å². The molecule has 0 saturated heterocycles. The maximum atomic E-state index is 4.72. The number of unbranched alkanes of at least 4 members (excludes halogenated alkanes) is 1. The molecule has 4 nitrogen and oxygen atoms in total. The monoisotopic (exact) mass is 621 g/mol. The van der Waals surface area contributed by atoms with Crippen molar-refractivity contribution in [2.24, 2.45) is 0 Å². The number of fused-ring (bicyclic) bond motifs is 8. The Bertz CT molecular complexity index is 2170. The van der Waals surface area contributed by atoms with E-state index in [0.29, 0.717) is 0 Å². The van der Waals surface area contributed by atoms with Crippen molar-refractivity contribution in [2.45, 2.75) is 77.7 Å². The standard InChI is InChI=1S/C41H41N4S/c1-7-10-13-27-16-19-34-32(22-27)31-18-17-29(23-35(31)40(34,5)6)36-25-45(43-42-36)37-24-33-38-30-15-12-11-14-28(30)20-21-44(38)41(8-2,9-3)26(4)39(33)46-37/h11-12,14-25H,4,7-10,13H2,1-3,5-6H3/q+1. The van der Waals surface area contributed by atoms with E-state index in [9.17, 15) is 0 Å². The summed E-state index contributed by atoms with van der Waals surface area (Å²) in [6.07, 6.45) is 9.90. The molecule has 5 heteroatoms.